The quantitative estimate of drug-likeness (QED) is 0.706. The summed E-state index contributed by atoms with van der Waals surface area (Å²) in [5, 5.41) is 8.14. The second kappa shape index (κ2) is 8.77. The number of carbonyl (C=O) groups is 4. The van der Waals surface area contributed by atoms with Crippen LogP contribution in [0.25, 0.3) is 0 Å². The molecule has 0 saturated carbocycles. The van der Waals surface area contributed by atoms with Gasteiger partial charge in [-0.3, -0.25) is 24.1 Å². The molecule has 8 nitrogen and oxygen atoms in total. The Morgan fingerprint density at radius 3 is 2.33 bits per heavy atom. The van der Waals surface area contributed by atoms with Crippen LogP contribution in [0.2, 0.25) is 0 Å². The van der Waals surface area contributed by atoms with E-state index in [4.69, 9.17) is 0 Å². The van der Waals surface area contributed by atoms with Gasteiger partial charge < -0.3 is 16.0 Å². The van der Waals surface area contributed by atoms with Gasteiger partial charge in [-0.1, -0.05) is 26.0 Å². The average Bonchev–Trinajstić information content (AvgIpc) is 2.71. The molecular weight excluding hydrogens is 384 g/mol. The molecule has 4 amide bonds. The number of hydrogen-bond donors (Lipinski definition) is 3. The highest BCUT2D eigenvalue weighted by atomic mass is 16.2. The Kier molecular flexibility index (Phi) is 6.15. The Morgan fingerprint density at radius 2 is 1.70 bits per heavy atom. The second-order valence-electron chi connectivity index (χ2n) is 7.45. The zero-order chi connectivity index (χ0) is 21.8. The molecule has 0 saturated heterocycles. The maximum absolute atomic E-state index is 13.0. The zero-order valence-corrected chi connectivity index (χ0v) is 17.1. The predicted octanol–water partition coefficient (Wildman–Crippen LogP) is 2.38. The van der Waals surface area contributed by atoms with Gasteiger partial charge in [-0.25, -0.2) is 0 Å². The van der Waals surface area contributed by atoms with E-state index in [2.05, 4.69) is 16.0 Å². The van der Waals surface area contributed by atoms with E-state index >= 15 is 0 Å². The number of carbonyl (C=O) groups excluding carboxylic acids is 4. The maximum Gasteiger partial charge on any atom is 0.258 e. The normalized spacial score (nSPS) is 13.9. The van der Waals surface area contributed by atoms with Crippen molar-refractivity contribution >= 4 is 40.7 Å². The van der Waals surface area contributed by atoms with E-state index in [0.29, 0.717) is 22.6 Å². The minimum absolute atomic E-state index is 0.0683. The molecule has 0 aromatic heterocycles. The Bertz CT molecular complexity index is 985. The summed E-state index contributed by atoms with van der Waals surface area (Å²) in [5.74, 6) is -1.27. The van der Waals surface area contributed by atoms with Crippen molar-refractivity contribution in [2.45, 2.75) is 26.8 Å². The van der Waals surface area contributed by atoms with Gasteiger partial charge in [0.15, 0.2) is 0 Å². The molecule has 1 aliphatic rings. The van der Waals surface area contributed by atoms with E-state index in [1.165, 1.54) is 11.8 Å². The van der Waals surface area contributed by atoms with E-state index in [-0.39, 0.29) is 36.1 Å². The van der Waals surface area contributed by atoms with Crippen LogP contribution in [0.3, 0.4) is 0 Å². The molecule has 3 N–H and O–H groups in total. The third kappa shape index (κ3) is 4.65. The number of hydrogen-bond acceptors (Lipinski definition) is 4. The first kappa shape index (κ1) is 21.0. The van der Waals surface area contributed by atoms with Gasteiger partial charge in [-0.05, 0) is 42.3 Å². The number of para-hydroxylation sites is 2. The van der Waals surface area contributed by atoms with Gasteiger partial charge in [-0.15, -0.1) is 0 Å². The SMILES string of the molecule is CC(=O)NC(C(=O)Nc1ccc(C(=O)N2CC(=O)Nc3ccccc32)cc1)C(C)C. The monoisotopic (exact) mass is 408 g/mol. The highest BCUT2D eigenvalue weighted by molar-refractivity contribution is 6.15. The van der Waals surface area contributed by atoms with Gasteiger partial charge in [0.1, 0.15) is 12.6 Å². The lowest BCUT2D eigenvalue weighted by molar-refractivity contribution is -0.126. The molecule has 8 heteroatoms. The van der Waals surface area contributed by atoms with Gasteiger partial charge in [0.05, 0.1) is 11.4 Å². The number of benzene rings is 2. The summed E-state index contributed by atoms with van der Waals surface area (Å²) in [6, 6.07) is 12.9. The molecule has 1 unspecified atom stereocenters. The van der Waals surface area contributed by atoms with Crippen LogP contribution in [0.1, 0.15) is 31.1 Å². The fourth-order valence-electron chi connectivity index (χ4n) is 3.24. The van der Waals surface area contributed by atoms with Crippen molar-refractivity contribution < 1.29 is 19.2 Å². The van der Waals surface area contributed by atoms with Crippen molar-refractivity contribution in [2.75, 3.05) is 22.1 Å². The summed E-state index contributed by atoms with van der Waals surface area (Å²) in [6.07, 6.45) is 0. The number of nitrogens with one attached hydrogen (secondary N) is 3. The summed E-state index contributed by atoms with van der Waals surface area (Å²) >= 11 is 0. The predicted molar refractivity (Wildman–Crippen MR) is 114 cm³/mol. The topological polar surface area (TPSA) is 108 Å². The van der Waals surface area contributed by atoms with E-state index in [1.807, 2.05) is 13.8 Å². The lowest BCUT2D eigenvalue weighted by Crippen LogP contribution is -2.46. The summed E-state index contributed by atoms with van der Waals surface area (Å²) in [5.41, 5.74) is 2.11. The first-order chi connectivity index (χ1) is 14.3. The van der Waals surface area contributed by atoms with Gasteiger partial charge >= 0.3 is 0 Å². The minimum atomic E-state index is -0.660. The van der Waals surface area contributed by atoms with Crippen LogP contribution in [-0.2, 0) is 14.4 Å². The molecule has 3 rings (SSSR count). The van der Waals surface area contributed by atoms with Crippen LogP contribution < -0.4 is 20.9 Å². The molecule has 1 aliphatic heterocycles. The molecule has 2 aromatic carbocycles. The smallest absolute Gasteiger partial charge is 0.258 e. The summed E-state index contributed by atoms with van der Waals surface area (Å²) in [4.78, 5) is 50.2. The highest BCUT2D eigenvalue weighted by Gasteiger charge is 2.27. The molecule has 1 heterocycles. The minimum Gasteiger partial charge on any atom is -0.344 e. The summed E-state index contributed by atoms with van der Waals surface area (Å²) < 4.78 is 0. The largest absolute Gasteiger partial charge is 0.344 e. The number of nitrogens with zero attached hydrogens (tertiary/aromatic N) is 1. The van der Waals surface area contributed by atoms with Crippen LogP contribution in [0, 0.1) is 5.92 Å². The molecule has 0 aliphatic carbocycles. The third-order valence-corrected chi connectivity index (χ3v) is 4.72. The van der Waals surface area contributed by atoms with Crippen LogP contribution in [0.5, 0.6) is 0 Å². The Hall–Kier alpha value is -3.68. The first-order valence-electron chi connectivity index (χ1n) is 9.65. The van der Waals surface area contributed by atoms with Crippen molar-refractivity contribution in [3.05, 3.63) is 54.1 Å². The lowest BCUT2D eigenvalue weighted by Gasteiger charge is -2.29. The van der Waals surface area contributed by atoms with Gasteiger partial charge in [0.2, 0.25) is 17.7 Å². The Labute approximate surface area is 174 Å². The zero-order valence-electron chi connectivity index (χ0n) is 17.1. The van der Waals surface area contributed by atoms with Gasteiger partial charge in [-0.2, -0.15) is 0 Å². The fraction of sp³-hybridized carbons (Fsp3) is 0.273. The fourth-order valence-corrected chi connectivity index (χ4v) is 3.24. The molecule has 1 atom stereocenters. The highest BCUT2D eigenvalue weighted by Crippen LogP contribution is 2.30. The molecular formula is C22H24N4O4. The van der Waals surface area contributed by atoms with Crippen LogP contribution in [-0.4, -0.2) is 36.2 Å². The molecule has 0 bridgehead atoms. The second-order valence-corrected chi connectivity index (χ2v) is 7.45. The molecule has 2 aromatic rings. The van der Waals surface area contributed by atoms with Crippen molar-refractivity contribution in [3.63, 3.8) is 0 Å². The Morgan fingerprint density at radius 1 is 1.03 bits per heavy atom. The van der Waals surface area contributed by atoms with E-state index in [0.717, 1.165) is 0 Å². The van der Waals surface area contributed by atoms with E-state index < -0.39 is 6.04 Å². The van der Waals surface area contributed by atoms with Crippen LogP contribution in [0.15, 0.2) is 48.5 Å². The lowest BCUT2D eigenvalue weighted by atomic mass is 10.0. The number of fused-ring (bicyclic) bond motifs is 1. The average molecular weight is 408 g/mol. The van der Waals surface area contributed by atoms with E-state index in [9.17, 15) is 19.2 Å². The number of amides is 4. The van der Waals surface area contributed by atoms with Gasteiger partial charge in [0, 0.05) is 18.2 Å². The molecule has 0 spiro atoms. The number of rotatable bonds is 5. The van der Waals surface area contributed by atoms with E-state index in [1.54, 1.807) is 48.5 Å². The van der Waals surface area contributed by atoms with Crippen molar-refractivity contribution in [1.29, 1.82) is 0 Å². The molecule has 0 fully saturated rings. The van der Waals surface area contributed by atoms with Crippen LogP contribution >= 0.6 is 0 Å². The summed E-state index contributed by atoms with van der Waals surface area (Å²) in [7, 11) is 0. The molecule has 156 valence electrons. The maximum atomic E-state index is 13.0. The summed E-state index contributed by atoms with van der Waals surface area (Å²) in [6.45, 7) is 4.98. The third-order valence-electron chi connectivity index (χ3n) is 4.72. The van der Waals surface area contributed by atoms with Crippen molar-refractivity contribution in [1.82, 2.24) is 5.32 Å². The number of anilines is 3. The molecule has 30 heavy (non-hydrogen) atoms. The van der Waals surface area contributed by atoms with Crippen LogP contribution in [0.4, 0.5) is 17.1 Å². The van der Waals surface area contributed by atoms with Crippen molar-refractivity contribution in [2.24, 2.45) is 5.92 Å². The molecule has 0 radical (unpaired) electrons. The first-order valence-corrected chi connectivity index (χ1v) is 9.65. The Balaban J connectivity index is 1.74. The van der Waals surface area contributed by atoms with Crippen molar-refractivity contribution in [3.8, 4) is 0 Å². The standard InChI is InChI=1S/C22H24N4O4/c1-13(2)20(23-14(3)27)21(29)24-16-10-8-15(9-11-16)22(30)26-12-19(28)25-17-6-4-5-7-18(17)26/h4-11,13,20H,12H2,1-3H3,(H,23,27)(H,24,29)(H,25,28). The van der Waals surface area contributed by atoms with Gasteiger partial charge in [0.25, 0.3) is 5.91 Å².